The number of nitrogens with zero attached hydrogens (tertiary/aromatic N) is 1. The van der Waals surface area contributed by atoms with Crippen LogP contribution in [0.4, 0.5) is 8.78 Å². The van der Waals surface area contributed by atoms with E-state index in [1.54, 1.807) is 0 Å². The highest BCUT2D eigenvalue weighted by Gasteiger charge is 2.21. The molecule has 0 unspecified atom stereocenters. The summed E-state index contributed by atoms with van der Waals surface area (Å²) in [7, 11) is 2.69. The smallest absolute Gasteiger partial charge is 0.268 e. The van der Waals surface area contributed by atoms with E-state index in [4.69, 9.17) is 21.1 Å². The summed E-state index contributed by atoms with van der Waals surface area (Å²) in [5.74, 6) is 0.234. The molecule has 1 heterocycles. The Morgan fingerprint density at radius 1 is 1.40 bits per heavy atom. The molecule has 1 aromatic heterocycles. The molecule has 0 saturated heterocycles. The molecule has 0 spiro atoms. The predicted molar refractivity (Wildman–Crippen MR) is 51.9 cm³/mol. The minimum atomic E-state index is -2.65. The van der Waals surface area contributed by atoms with Gasteiger partial charge in [-0.15, -0.1) is 11.6 Å². The van der Waals surface area contributed by atoms with Crippen molar-refractivity contribution in [2.45, 2.75) is 12.3 Å². The first-order valence-electron chi connectivity index (χ1n) is 4.09. The van der Waals surface area contributed by atoms with Gasteiger partial charge in [-0.2, -0.15) is 0 Å². The normalized spacial score (nSPS) is 10.5. The van der Waals surface area contributed by atoms with Crippen molar-refractivity contribution in [3.05, 3.63) is 17.3 Å². The van der Waals surface area contributed by atoms with E-state index >= 15 is 0 Å². The Bertz CT molecular complexity index is 347. The van der Waals surface area contributed by atoms with Crippen molar-refractivity contribution >= 4 is 11.6 Å². The third-order valence-electron chi connectivity index (χ3n) is 1.88. The first-order valence-corrected chi connectivity index (χ1v) is 4.63. The van der Waals surface area contributed by atoms with Gasteiger partial charge in [0.25, 0.3) is 6.43 Å². The number of pyridine rings is 1. The van der Waals surface area contributed by atoms with E-state index in [1.165, 1.54) is 14.2 Å². The lowest BCUT2D eigenvalue weighted by Crippen LogP contribution is -2.02. The summed E-state index contributed by atoms with van der Waals surface area (Å²) in [5, 5.41) is 0. The van der Waals surface area contributed by atoms with Crippen molar-refractivity contribution in [3.8, 4) is 11.6 Å². The van der Waals surface area contributed by atoms with E-state index in [2.05, 4.69) is 4.98 Å². The molecule has 3 nitrogen and oxygen atoms in total. The Kier molecular flexibility index (Phi) is 4.08. The number of methoxy groups -OCH3 is 2. The molecule has 0 atom stereocenters. The highest BCUT2D eigenvalue weighted by Crippen LogP contribution is 2.36. The van der Waals surface area contributed by atoms with Crippen LogP contribution in [0.3, 0.4) is 0 Å². The van der Waals surface area contributed by atoms with Crippen LogP contribution >= 0.6 is 11.6 Å². The van der Waals surface area contributed by atoms with Crippen molar-refractivity contribution < 1.29 is 18.3 Å². The Balaban J connectivity index is 3.34. The van der Waals surface area contributed by atoms with Gasteiger partial charge < -0.3 is 9.47 Å². The zero-order valence-corrected chi connectivity index (χ0v) is 9.02. The van der Waals surface area contributed by atoms with E-state index in [-0.39, 0.29) is 23.1 Å². The fourth-order valence-electron chi connectivity index (χ4n) is 1.23. The summed E-state index contributed by atoms with van der Waals surface area (Å²) in [6.07, 6.45) is -1.63. The second-order valence-electron chi connectivity index (χ2n) is 2.67. The number of alkyl halides is 3. The summed E-state index contributed by atoms with van der Waals surface area (Å²) >= 11 is 5.63. The zero-order valence-electron chi connectivity index (χ0n) is 8.26. The number of hydrogen-bond donors (Lipinski definition) is 0. The van der Waals surface area contributed by atoms with E-state index in [1.807, 2.05) is 0 Å². The molecular weight excluding hydrogens is 228 g/mol. The fraction of sp³-hybridized carbons (Fsp3) is 0.444. The molecular formula is C9H10ClF2NO2. The molecule has 0 aliphatic rings. The summed E-state index contributed by atoms with van der Waals surface area (Å²) in [6.45, 7) is 0. The molecule has 0 aliphatic heterocycles. The number of ether oxygens (including phenoxy) is 2. The van der Waals surface area contributed by atoms with Gasteiger partial charge in [0, 0.05) is 6.20 Å². The largest absolute Gasteiger partial charge is 0.496 e. The first-order chi connectivity index (χ1) is 7.15. The maximum Gasteiger partial charge on any atom is 0.268 e. The number of hydrogen-bond acceptors (Lipinski definition) is 3. The molecule has 1 aromatic rings. The molecule has 84 valence electrons. The number of rotatable bonds is 4. The summed E-state index contributed by atoms with van der Waals surface area (Å²) < 4.78 is 34.9. The summed E-state index contributed by atoms with van der Waals surface area (Å²) in [4.78, 5) is 3.73. The molecule has 0 radical (unpaired) electrons. The van der Waals surface area contributed by atoms with Crippen LogP contribution in [0.2, 0.25) is 0 Å². The van der Waals surface area contributed by atoms with E-state index in [0.717, 1.165) is 6.20 Å². The lowest BCUT2D eigenvalue weighted by Gasteiger charge is -2.13. The SMILES string of the molecule is COc1ncc(C(F)F)c(OC)c1CCl. The summed E-state index contributed by atoms with van der Waals surface area (Å²) in [6, 6.07) is 0. The molecule has 6 heteroatoms. The lowest BCUT2D eigenvalue weighted by molar-refractivity contribution is 0.146. The van der Waals surface area contributed by atoms with Crippen LogP contribution < -0.4 is 9.47 Å². The van der Waals surface area contributed by atoms with Gasteiger partial charge in [-0.05, 0) is 0 Å². The molecule has 1 rings (SSSR count). The van der Waals surface area contributed by atoms with Crippen molar-refractivity contribution in [3.63, 3.8) is 0 Å². The lowest BCUT2D eigenvalue weighted by atomic mass is 10.2. The Hall–Kier alpha value is -1.10. The van der Waals surface area contributed by atoms with Crippen LogP contribution in [0.5, 0.6) is 11.6 Å². The monoisotopic (exact) mass is 237 g/mol. The van der Waals surface area contributed by atoms with Crippen LogP contribution in [0.25, 0.3) is 0 Å². The maximum absolute atomic E-state index is 12.6. The molecule has 0 aromatic carbocycles. The Morgan fingerprint density at radius 3 is 2.47 bits per heavy atom. The highest BCUT2D eigenvalue weighted by molar-refractivity contribution is 6.17. The topological polar surface area (TPSA) is 31.4 Å². The van der Waals surface area contributed by atoms with Crippen LogP contribution in [0.1, 0.15) is 17.6 Å². The fourth-order valence-corrected chi connectivity index (χ4v) is 1.46. The van der Waals surface area contributed by atoms with Crippen LogP contribution in [0.15, 0.2) is 6.20 Å². The van der Waals surface area contributed by atoms with Gasteiger partial charge in [0.2, 0.25) is 5.88 Å². The van der Waals surface area contributed by atoms with Crippen molar-refractivity contribution in [2.24, 2.45) is 0 Å². The minimum Gasteiger partial charge on any atom is -0.496 e. The maximum atomic E-state index is 12.6. The quantitative estimate of drug-likeness (QED) is 0.755. The van der Waals surface area contributed by atoms with Crippen molar-refractivity contribution in [2.75, 3.05) is 14.2 Å². The average molecular weight is 238 g/mol. The number of aromatic nitrogens is 1. The van der Waals surface area contributed by atoms with Gasteiger partial charge in [-0.3, -0.25) is 0 Å². The second kappa shape index (κ2) is 5.11. The third kappa shape index (κ3) is 2.28. The molecule has 0 N–H and O–H groups in total. The van der Waals surface area contributed by atoms with E-state index in [0.29, 0.717) is 5.56 Å². The molecule has 0 aliphatic carbocycles. The average Bonchev–Trinajstić information content (AvgIpc) is 2.26. The van der Waals surface area contributed by atoms with E-state index in [9.17, 15) is 8.78 Å². The highest BCUT2D eigenvalue weighted by atomic mass is 35.5. The Labute approximate surface area is 91.0 Å². The van der Waals surface area contributed by atoms with Crippen molar-refractivity contribution in [1.82, 2.24) is 4.98 Å². The van der Waals surface area contributed by atoms with Crippen LogP contribution in [-0.4, -0.2) is 19.2 Å². The molecule has 0 fully saturated rings. The van der Waals surface area contributed by atoms with Crippen LogP contribution in [-0.2, 0) is 5.88 Å². The van der Waals surface area contributed by atoms with Gasteiger partial charge in [0.1, 0.15) is 5.75 Å². The van der Waals surface area contributed by atoms with Crippen molar-refractivity contribution in [1.29, 1.82) is 0 Å². The minimum absolute atomic E-state index is 0.0000926. The molecule has 0 bridgehead atoms. The zero-order chi connectivity index (χ0) is 11.4. The first kappa shape index (κ1) is 12.0. The van der Waals surface area contributed by atoms with Gasteiger partial charge >= 0.3 is 0 Å². The second-order valence-corrected chi connectivity index (χ2v) is 2.94. The molecule has 0 amide bonds. The standard InChI is InChI=1S/C9H10ClF2NO2/c1-14-7-5(3-10)9(15-2)13-4-6(7)8(11)12/h4,8H,3H2,1-2H3. The molecule has 0 saturated carbocycles. The molecule has 15 heavy (non-hydrogen) atoms. The number of halogens is 3. The van der Waals surface area contributed by atoms with Gasteiger partial charge in [0.15, 0.2) is 0 Å². The van der Waals surface area contributed by atoms with Gasteiger partial charge in [-0.1, -0.05) is 0 Å². The third-order valence-corrected chi connectivity index (χ3v) is 2.15. The van der Waals surface area contributed by atoms with E-state index < -0.39 is 6.43 Å². The van der Waals surface area contributed by atoms with Gasteiger partial charge in [0.05, 0.1) is 31.2 Å². The Morgan fingerprint density at radius 2 is 2.07 bits per heavy atom. The summed E-state index contributed by atoms with van der Waals surface area (Å²) in [5.41, 5.74) is 0.0495. The van der Waals surface area contributed by atoms with Crippen LogP contribution in [0, 0.1) is 0 Å². The van der Waals surface area contributed by atoms with Gasteiger partial charge in [-0.25, -0.2) is 13.8 Å². The predicted octanol–water partition coefficient (Wildman–Crippen LogP) is 2.78.